The van der Waals surface area contributed by atoms with E-state index in [0.29, 0.717) is 0 Å². The number of nitrogens with one attached hydrogen (secondary N) is 1. The second-order valence-electron chi connectivity index (χ2n) is 5.19. The first-order chi connectivity index (χ1) is 9.58. The molecule has 3 heteroatoms. The maximum absolute atomic E-state index is 5.59. The highest BCUT2D eigenvalue weighted by Gasteiger charge is 2.16. The van der Waals surface area contributed by atoms with Crippen molar-refractivity contribution in [2.24, 2.45) is 0 Å². The molecule has 3 nitrogen and oxygen atoms in total. The normalized spacial score (nSPS) is 11.2. The van der Waals surface area contributed by atoms with Gasteiger partial charge >= 0.3 is 0 Å². The fourth-order valence-electron chi connectivity index (χ4n) is 3.03. The van der Waals surface area contributed by atoms with Crippen LogP contribution in [0.5, 0.6) is 11.5 Å². The Morgan fingerprint density at radius 3 is 2.30 bits per heavy atom. The van der Waals surface area contributed by atoms with Crippen molar-refractivity contribution < 1.29 is 9.47 Å². The van der Waals surface area contributed by atoms with E-state index in [4.69, 9.17) is 9.47 Å². The summed E-state index contributed by atoms with van der Waals surface area (Å²) in [7, 11) is 3.42. The Kier molecular flexibility index (Phi) is 2.85. The van der Waals surface area contributed by atoms with Crippen molar-refractivity contribution in [2.45, 2.75) is 20.8 Å². The van der Waals surface area contributed by atoms with Crippen LogP contribution in [0.2, 0.25) is 0 Å². The van der Waals surface area contributed by atoms with Crippen LogP contribution in [-0.2, 0) is 0 Å². The topological polar surface area (TPSA) is 34.2 Å². The van der Waals surface area contributed by atoms with Crippen molar-refractivity contribution in [3.8, 4) is 11.5 Å². The zero-order chi connectivity index (χ0) is 14.4. The molecule has 3 aromatic rings. The summed E-state index contributed by atoms with van der Waals surface area (Å²) in [4.78, 5) is 3.52. The van der Waals surface area contributed by atoms with Gasteiger partial charge in [0.2, 0.25) is 0 Å². The smallest absolute Gasteiger partial charge is 0.125 e. The summed E-state index contributed by atoms with van der Waals surface area (Å²) in [5, 5.41) is 2.45. The van der Waals surface area contributed by atoms with Gasteiger partial charge in [0.1, 0.15) is 11.5 Å². The number of H-pyrrole nitrogens is 1. The molecule has 0 saturated carbocycles. The highest BCUT2D eigenvalue weighted by molar-refractivity contribution is 6.11. The number of aromatic amines is 1. The van der Waals surface area contributed by atoms with Gasteiger partial charge in [-0.15, -0.1) is 0 Å². The van der Waals surface area contributed by atoms with Gasteiger partial charge in [0.05, 0.1) is 25.3 Å². The van der Waals surface area contributed by atoms with Crippen molar-refractivity contribution in [1.29, 1.82) is 0 Å². The first-order valence-electron chi connectivity index (χ1n) is 6.71. The molecule has 0 aliphatic heterocycles. The summed E-state index contributed by atoms with van der Waals surface area (Å²) < 4.78 is 10.9. The number of aryl methyl sites for hydroxylation is 2. The maximum Gasteiger partial charge on any atom is 0.125 e. The number of benzene rings is 2. The molecule has 1 heterocycles. The first kappa shape index (κ1) is 12.9. The maximum atomic E-state index is 5.59. The Morgan fingerprint density at radius 1 is 0.900 bits per heavy atom. The van der Waals surface area contributed by atoms with E-state index in [0.717, 1.165) is 17.0 Å². The van der Waals surface area contributed by atoms with E-state index in [1.165, 1.54) is 33.0 Å². The number of ether oxygens (including phenoxy) is 2. The van der Waals surface area contributed by atoms with E-state index in [9.17, 15) is 0 Å². The molecular weight excluding hydrogens is 250 g/mol. The lowest BCUT2D eigenvalue weighted by molar-refractivity contribution is 0.409. The summed E-state index contributed by atoms with van der Waals surface area (Å²) in [5.41, 5.74) is 5.89. The van der Waals surface area contributed by atoms with Crippen LogP contribution in [0.3, 0.4) is 0 Å². The van der Waals surface area contributed by atoms with E-state index in [1.807, 2.05) is 12.1 Å². The summed E-state index contributed by atoms with van der Waals surface area (Å²) in [5.74, 6) is 1.84. The number of hydrogen-bond donors (Lipinski definition) is 1. The van der Waals surface area contributed by atoms with E-state index < -0.39 is 0 Å². The zero-order valence-electron chi connectivity index (χ0n) is 12.5. The van der Waals surface area contributed by atoms with Crippen LogP contribution in [0.4, 0.5) is 0 Å². The average molecular weight is 269 g/mol. The number of methoxy groups -OCH3 is 2. The minimum atomic E-state index is 0.864. The molecule has 104 valence electrons. The quantitative estimate of drug-likeness (QED) is 0.754. The third kappa shape index (κ3) is 1.59. The van der Waals surface area contributed by atoms with Crippen LogP contribution in [0, 0.1) is 20.8 Å². The number of fused-ring (bicyclic) bond motifs is 3. The van der Waals surface area contributed by atoms with Crippen molar-refractivity contribution in [3.05, 3.63) is 34.9 Å². The molecule has 0 aliphatic carbocycles. The van der Waals surface area contributed by atoms with E-state index in [2.05, 4.69) is 31.8 Å². The van der Waals surface area contributed by atoms with Gasteiger partial charge in [-0.05, 0) is 44.0 Å². The minimum Gasteiger partial charge on any atom is -0.497 e. The highest BCUT2D eigenvalue weighted by Crippen LogP contribution is 2.39. The highest BCUT2D eigenvalue weighted by atomic mass is 16.5. The average Bonchev–Trinajstić information content (AvgIpc) is 2.84. The van der Waals surface area contributed by atoms with Crippen LogP contribution in [0.15, 0.2) is 18.2 Å². The zero-order valence-corrected chi connectivity index (χ0v) is 12.5. The molecule has 0 fully saturated rings. The largest absolute Gasteiger partial charge is 0.497 e. The number of aromatic nitrogens is 1. The number of hydrogen-bond acceptors (Lipinski definition) is 2. The van der Waals surface area contributed by atoms with Crippen molar-refractivity contribution in [2.75, 3.05) is 14.2 Å². The van der Waals surface area contributed by atoms with Crippen LogP contribution >= 0.6 is 0 Å². The molecule has 1 aromatic heterocycles. The molecule has 0 radical (unpaired) electrons. The van der Waals surface area contributed by atoms with Gasteiger partial charge in [0, 0.05) is 22.4 Å². The third-order valence-electron chi connectivity index (χ3n) is 4.20. The van der Waals surface area contributed by atoms with Gasteiger partial charge in [-0.25, -0.2) is 0 Å². The molecule has 0 atom stereocenters. The molecule has 0 aliphatic rings. The number of rotatable bonds is 2. The Morgan fingerprint density at radius 2 is 1.65 bits per heavy atom. The lowest BCUT2D eigenvalue weighted by atomic mass is 9.98. The molecule has 2 aromatic carbocycles. The molecular formula is C17H19NO2. The van der Waals surface area contributed by atoms with Gasteiger partial charge in [0.25, 0.3) is 0 Å². The van der Waals surface area contributed by atoms with Crippen LogP contribution in [0.1, 0.15) is 16.7 Å². The molecule has 0 saturated heterocycles. The standard InChI is InChI=1S/C17H19NO2/c1-9-10(2)17(20-5)11(3)15-13-7-6-12(19-4)8-14(13)18-16(9)15/h6-8,18H,1-5H3. The van der Waals surface area contributed by atoms with Gasteiger partial charge in [-0.2, -0.15) is 0 Å². The summed E-state index contributed by atoms with van der Waals surface area (Å²) in [6, 6.07) is 6.14. The lowest BCUT2D eigenvalue weighted by Crippen LogP contribution is -1.95. The predicted octanol–water partition coefficient (Wildman–Crippen LogP) is 4.26. The van der Waals surface area contributed by atoms with E-state index in [1.54, 1.807) is 14.2 Å². The van der Waals surface area contributed by atoms with Gasteiger partial charge < -0.3 is 14.5 Å². The van der Waals surface area contributed by atoms with E-state index in [-0.39, 0.29) is 0 Å². The molecule has 3 rings (SSSR count). The van der Waals surface area contributed by atoms with Gasteiger partial charge in [0.15, 0.2) is 0 Å². The summed E-state index contributed by atoms with van der Waals surface area (Å²) >= 11 is 0. The Labute approximate surface area is 118 Å². The molecule has 0 amide bonds. The van der Waals surface area contributed by atoms with Gasteiger partial charge in [-0.3, -0.25) is 0 Å². The lowest BCUT2D eigenvalue weighted by Gasteiger charge is -2.13. The molecule has 0 unspecified atom stereocenters. The van der Waals surface area contributed by atoms with Gasteiger partial charge in [-0.1, -0.05) is 0 Å². The fraction of sp³-hybridized carbons (Fsp3) is 0.294. The Hall–Kier alpha value is -2.16. The second kappa shape index (κ2) is 4.44. The summed E-state index contributed by atoms with van der Waals surface area (Å²) in [6.45, 7) is 6.35. The van der Waals surface area contributed by atoms with Crippen LogP contribution < -0.4 is 9.47 Å². The second-order valence-corrected chi connectivity index (χ2v) is 5.19. The predicted molar refractivity (Wildman–Crippen MR) is 83.1 cm³/mol. The van der Waals surface area contributed by atoms with Crippen molar-refractivity contribution in [3.63, 3.8) is 0 Å². The fourth-order valence-corrected chi connectivity index (χ4v) is 3.03. The Balaban J connectivity index is 2.51. The molecule has 0 spiro atoms. The Bertz CT molecular complexity index is 815. The third-order valence-corrected chi connectivity index (χ3v) is 4.20. The first-order valence-corrected chi connectivity index (χ1v) is 6.71. The SMILES string of the molecule is COc1ccc2c(c1)[nH]c1c(C)c(C)c(OC)c(C)c12. The van der Waals surface area contributed by atoms with Crippen molar-refractivity contribution in [1.82, 2.24) is 4.98 Å². The van der Waals surface area contributed by atoms with Crippen LogP contribution in [0.25, 0.3) is 21.8 Å². The van der Waals surface area contributed by atoms with Crippen LogP contribution in [-0.4, -0.2) is 19.2 Å². The monoisotopic (exact) mass is 269 g/mol. The van der Waals surface area contributed by atoms with Crippen molar-refractivity contribution >= 4 is 21.8 Å². The molecule has 1 N–H and O–H groups in total. The molecule has 20 heavy (non-hydrogen) atoms. The summed E-state index contributed by atoms with van der Waals surface area (Å²) in [6.07, 6.45) is 0. The minimum absolute atomic E-state index is 0.864. The van der Waals surface area contributed by atoms with E-state index >= 15 is 0 Å². The molecule has 0 bridgehead atoms.